The Kier molecular flexibility index (Phi) is 4.01. The maximum atomic E-state index is 13.2. The predicted octanol–water partition coefficient (Wildman–Crippen LogP) is 6.38. The van der Waals surface area contributed by atoms with Crippen LogP contribution in [0.1, 0.15) is 22.1 Å². The SMILES string of the molecule is Cc1ccc(C(Cl)c2ccc(F)cc2Br)c2ccccc12. The third kappa shape index (κ3) is 2.70. The fourth-order valence-corrected chi connectivity index (χ4v) is 3.66. The van der Waals surface area contributed by atoms with Gasteiger partial charge in [0.1, 0.15) is 5.82 Å². The van der Waals surface area contributed by atoms with Crippen LogP contribution in [-0.2, 0) is 0 Å². The van der Waals surface area contributed by atoms with E-state index in [0.717, 1.165) is 16.5 Å². The number of benzene rings is 3. The van der Waals surface area contributed by atoms with Gasteiger partial charge >= 0.3 is 0 Å². The van der Waals surface area contributed by atoms with E-state index < -0.39 is 0 Å². The van der Waals surface area contributed by atoms with Gasteiger partial charge in [-0.3, -0.25) is 0 Å². The fraction of sp³-hybridized carbons (Fsp3) is 0.111. The van der Waals surface area contributed by atoms with Gasteiger partial charge in [0.15, 0.2) is 0 Å². The van der Waals surface area contributed by atoms with Gasteiger partial charge in [0.2, 0.25) is 0 Å². The maximum absolute atomic E-state index is 13.2. The van der Waals surface area contributed by atoms with E-state index in [-0.39, 0.29) is 11.2 Å². The molecule has 0 aliphatic heterocycles. The molecule has 0 heterocycles. The number of fused-ring (bicyclic) bond motifs is 1. The van der Waals surface area contributed by atoms with Crippen molar-refractivity contribution >= 4 is 38.3 Å². The lowest BCUT2D eigenvalue weighted by Crippen LogP contribution is -1.97. The summed E-state index contributed by atoms with van der Waals surface area (Å²) in [5.74, 6) is -0.275. The van der Waals surface area contributed by atoms with E-state index in [4.69, 9.17) is 11.6 Å². The molecule has 0 spiro atoms. The average Bonchev–Trinajstić information content (AvgIpc) is 2.47. The number of rotatable bonds is 2. The molecule has 0 fully saturated rings. The number of hydrogen-bond acceptors (Lipinski definition) is 0. The molecule has 3 heteroatoms. The van der Waals surface area contributed by atoms with Gasteiger partial charge in [0, 0.05) is 4.47 Å². The Morgan fingerprint density at radius 3 is 2.33 bits per heavy atom. The Balaban J connectivity index is 2.18. The van der Waals surface area contributed by atoms with Crippen LogP contribution in [0.15, 0.2) is 59.1 Å². The summed E-state index contributed by atoms with van der Waals surface area (Å²) in [5, 5.41) is 2.00. The molecule has 21 heavy (non-hydrogen) atoms. The summed E-state index contributed by atoms with van der Waals surface area (Å²) in [6.07, 6.45) is 0. The van der Waals surface area contributed by atoms with Gasteiger partial charge in [-0.1, -0.05) is 58.4 Å². The monoisotopic (exact) mass is 362 g/mol. The van der Waals surface area contributed by atoms with Crippen LogP contribution in [0.3, 0.4) is 0 Å². The van der Waals surface area contributed by atoms with Gasteiger partial charge in [-0.05, 0) is 46.5 Å². The minimum atomic E-state index is -0.328. The molecule has 0 N–H and O–H groups in total. The van der Waals surface area contributed by atoms with Gasteiger partial charge < -0.3 is 0 Å². The van der Waals surface area contributed by atoms with E-state index >= 15 is 0 Å². The van der Waals surface area contributed by atoms with Crippen molar-refractivity contribution in [2.24, 2.45) is 0 Å². The second kappa shape index (κ2) is 5.78. The van der Waals surface area contributed by atoms with E-state index in [1.165, 1.54) is 23.1 Å². The van der Waals surface area contributed by atoms with Gasteiger partial charge in [-0.25, -0.2) is 4.39 Å². The minimum absolute atomic E-state index is 0.275. The van der Waals surface area contributed by atoms with Crippen LogP contribution in [0, 0.1) is 12.7 Å². The summed E-state index contributed by atoms with van der Waals surface area (Å²) in [7, 11) is 0. The Labute approximate surface area is 136 Å². The standard InChI is InChI=1S/C18H13BrClF/c1-11-6-8-15(14-5-3-2-4-13(11)14)18(20)16-9-7-12(21)10-17(16)19/h2-10,18H,1H3. The van der Waals surface area contributed by atoms with E-state index in [2.05, 4.69) is 41.1 Å². The van der Waals surface area contributed by atoms with Crippen molar-refractivity contribution in [2.45, 2.75) is 12.3 Å². The second-order valence-corrected chi connectivity index (χ2v) is 6.34. The molecule has 0 aliphatic carbocycles. The van der Waals surface area contributed by atoms with Crippen LogP contribution in [-0.4, -0.2) is 0 Å². The first-order valence-corrected chi connectivity index (χ1v) is 7.88. The molecule has 3 aromatic rings. The van der Waals surface area contributed by atoms with Crippen molar-refractivity contribution in [1.29, 1.82) is 0 Å². The Hall–Kier alpha value is -1.38. The molecule has 0 aromatic heterocycles. The number of hydrogen-bond donors (Lipinski definition) is 0. The molecule has 0 amide bonds. The van der Waals surface area contributed by atoms with Crippen LogP contribution < -0.4 is 0 Å². The number of halogens is 3. The Bertz CT molecular complexity index is 813. The van der Waals surface area contributed by atoms with E-state index in [9.17, 15) is 4.39 Å². The molecule has 0 saturated heterocycles. The zero-order valence-electron chi connectivity index (χ0n) is 11.4. The topological polar surface area (TPSA) is 0 Å². The highest BCUT2D eigenvalue weighted by molar-refractivity contribution is 9.10. The first-order valence-electron chi connectivity index (χ1n) is 6.65. The molecule has 1 atom stereocenters. The van der Waals surface area contributed by atoms with E-state index in [1.54, 1.807) is 6.07 Å². The first-order chi connectivity index (χ1) is 10.1. The molecule has 3 rings (SSSR count). The Morgan fingerprint density at radius 1 is 0.952 bits per heavy atom. The Morgan fingerprint density at radius 2 is 1.62 bits per heavy atom. The van der Waals surface area contributed by atoms with Crippen molar-refractivity contribution in [1.82, 2.24) is 0 Å². The highest BCUT2D eigenvalue weighted by atomic mass is 79.9. The van der Waals surface area contributed by atoms with E-state index in [1.807, 2.05) is 18.2 Å². The quantitative estimate of drug-likeness (QED) is 0.463. The highest BCUT2D eigenvalue weighted by Crippen LogP contribution is 2.38. The highest BCUT2D eigenvalue weighted by Gasteiger charge is 2.17. The predicted molar refractivity (Wildman–Crippen MR) is 90.5 cm³/mol. The molecular formula is C18H13BrClF. The third-order valence-corrected chi connectivity index (χ3v) is 4.84. The van der Waals surface area contributed by atoms with Crippen LogP contribution in [0.4, 0.5) is 4.39 Å². The van der Waals surface area contributed by atoms with Crippen molar-refractivity contribution in [3.63, 3.8) is 0 Å². The molecule has 1 unspecified atom stereocenters. The van der Waals surface area contributed by atoms with Gasteiger partial charge in [-0.15, -0.1) is 11.6 Å². The van der Waals surface area contributed by atoms with Crippen LogP contribution in [0.5, 0.6) is 0 Å². The van der Waals surface area contributed by atoms with Crippen LogP contribution in [0.25, 0.3) is 10.8 Å². The van der Waals surface area contributed by atoms with Crippen molar-refractivity contribution in [3.8, 4) is 0 Å². The fourth-order valence-electron chi connectivity index (χ4n) is 2.57. The summed E-state index contributed by atoms with van der Waals surface area (Å²) in [6.45, 7) is 2.09. The second-order valence-electron chi connectivity index (χ2n) is 5.05. The van der Waals surface area contributed by atoms with Crippen molar-refractivity contribution < 1.29 is 4.39 Å². The number of aryl methyl sites for hydroxylation is 1. The van der Waals surface area contributed by atoms with Crippen LogP contribution >= 0.6 is 27.5 Å². The first kappa shape index (κ1) is 14.6. The van der Waals surface area contributed by atoms with Crippen molar-refractivity contribution in [3.05, 3.63) is 81.6 Å². The maximum Gasteiger partial charge on any atom is 0.124 e. The summed E-state index contributed by atoms with van der Waals surface area (Å²) < 4.78 is 13.9. The van der Waals surface area contributed by atoms with Gasteiger partial charge in [-0.2, -0.15) is 0 Å². The molecular weight excluding hydrogens is 351 g/mol. The summed E-state index contributed by atoms with van der Waals surface area (Å²) in [4.78, 5) is 0. The zero-order chi connectivity index (χ0) is 15.0. The molecule has 0 nitrogen and oxygen atoms in total. The van der Waals surface area contributed by atoms with Gasteiger partial charge in [0.05, 0.1) is 5.38 Å². The molecule has 3 aromatic carbocycles. The molecule has 0 saturated carbocycles. The van der Waals surface area contributed by atoms with E-state index in [0.29, 0.717) is 4.47 Å². The zero-order valence-corrected chi connectivity index (χ0v) is 13.7. The molecule has 0 bridgehead atoms. The summed E-state index contributed by atoms with van der Waals surface area (Å²) in [6, 6.07) is 16.9. The lowest BCUT2D eigenvalue weighted by Gasteiger charge is -2.16. The largest absolute Gasteiger partial charge is 0.207 e. The minimum Gasteiger partial charge on any atom is -0.207 e. The lowest BCUT2D eigenvalue weighted by atomic mass is 9.95. The number of alkyl halides is 1. The molecule has 0 aliphatic rings. The van der Waals surface area contributed by atoms with Crippen LogP contribution in [0.2, 0.25) is 0 Å². The lowest BCUT2D eigenvalue weighted by molar-refractivity contribution is 0.626. The summed E-state index contributed by atoms with van der Waals surface area (Å²) in [5.41, 5.74) is 3.12. The smallest absolute Gasteiger partial charge is 0.124 e. The molecule has 0 radical (unpaired) electrons. The molecule has 106 valence electrons. The third-order valence-electron chi connectivity index (χ3n) is 3.68. The normalized spacial score (nSPS) is 12.6. The average molecular weight is 364 g/mol. The van der Waals surface area contributed by atoms with Crippen molar-refractivity contribution in [2.75, 3.05) is 0 Å². The van der Waals surface area contributed by atoms with Gasteiger partial charge in [0.25, 0.3) is 0 Å². The summed E-state index contributed by atoms with van der Waals surface area (Å²) >= 11 is 10.1.